The van der Waals surface area contributed by atoms with Gasteiger partial charge in [0.2, 0.25) is 5.95 Å². The monoisotopic (exact) mass is 524 g/mol. The molecule has 5 rings (SSSR count). The lowest BCUT2D eigenvalue weighted by atomic mass is 10.1. The third kappa shape index (κ3) is 4.24. The molecule has 2 fully saturated rings. The Morgan fingerprint density at radius 3 is 2.85 bits per heavy atom. The van der Waals surface area contributed by atoms with Crippen LogP contribution in [0, 0.1) is 5.92 Å². The smallest absolute Gasteiger partial charge is 0.419 e. The Hall–Kier alpha value is -2.86. The average Bonchev–Trinajstić information content (AvgIpc) is 3.42. The van der Waals surface area contributed by atoms with Crippen molar-refractivity contribution in [3.8, 4) is 11.3 Å². The van der Waals surface area contributed by atoms with Gasteiger partial charge in [-0.3, -0.25) is 5.32 Å². The maximum Gasteiger partial charge on any atom is 0.419 e. The number of alkyl halides is 3. The van der Waals surface area contributed by atoms with Crippen LogP contribution < -0.4 is 16.0 Å². The molecule has 3 heterocycles. The minimum Gasteiger partial charge on any atom is -0.453 e. The topological polar surface area (TPSA) is 104 Å². The van der Waals surface area contributed by atoms with Gasteiger partial charge in [-0.05, 0) is 40.8 Å². The summed E-state index contributed by atoms with van der Waals surface area (Å²) in [7, 11) is 1.24. The number of amides is 1. The first-order chi connectivity index (χ1) is 15.7. The van der Waals surface area contributed by atoms with Crippen LogP contribution in [0.3, 0.4) is 0 Å². The van der Waals surface area contributed by atoms with Crippen molar-refractivity contribution in [2.75, 3.05) is 24.3 Å². The number of rotatable bonds is 4. The van der Waals surface area contributed by atoms with E-state index in [2.05, 4.69) is 51.6 Å². The average molecular weight is 525 g/mol. The highest BCUT2D eigenvalue weighted by atomic mass is 79.9. The molecule has 4 N–H and O–H groups in total. The van der Waals surface area contributed by atoms with Gasteiger partial charge in [0.15, 0.2) is 0 Å². The first kappa shape index (κ1) is 22.0. The molecule has 1 aromatic carbocycles. The van der Waals surface area contributed by atoms with E-state index < -0.39 is 17.8 Å². The molecule has 3 atom stereocenters. The highest BCUT2D eigenvalue weighted by Crippen LogP contribution is 2.42. The molecule has 2 aromatic heterocycles. The van der Waals surface area contributed by atoms with Crippen molar-refractivity contribution in [2.24, 2.45) is 5.92 Å². The van der Waals surface area contributed by atoms with E-state index in [1.54, 1.807) is 12.1 Å². The van der Waals surface area contributed by atoms with E-state index in [-0.39, 0.29) is 23.2 Å². The highest BCUT2D eigenvalue weighted by molar-refractivity contribution is 9.10. The standard InChI is InChI=1S/C21H20BrF3N6O2/c1-33-20(32)30-14-3-2-11-12(7-27-18(11)16(14)22)17-13(21(23,24)25)8-28-19(31-17)29-10-4-9-5-15(9)26-6-10/h2-3,7-10,15,26-27H,4-6H2,1H3,(H,30,32)(H,28,29,31)/t9-,10?,15+/m0/s1. The quantitative estimate of drug-likeness (QED) is 0.392. The minimum atomic E-state index is -4.63. The Balaban J connectivity index is 1.53. The molecule has 33 heavy (non-hydrogen) atoms. The summed E-state index contributed by atoms with van der Waals surface area (Å²) in [5, 5.41) is 9.65. The minimum absolute atomic E-state index is 0.0578. The molecule has 1 saturated carbocycles. The van der Waals surface area contributed by atoms with Gasteiger partial charge in [-0.25, -0.2) is 14.8 Å². The molecule has 2 aliphatic rings. The van der Waals surface area contributed by atoms with Crippen LogP contribution in [0.4, 0.5) is 29.6 Å². The van der Waals surface area contributed by atoms with Gasteiger partial charge in [-0.1, -0.05) is 6.07 Å². The summed E-state index contributed by atoms with van der Waals surface area (Å²) in [5.41, 5.74) is 0.0475. The third-order valence-corrected chi connectivity index (χ3v) is 6.86. The Kier molecular flexibility index (Phi) is 5.44. The van der Waals surface area contributed by atoms with Crippen molar-refractivity contribution < 1.29 is 22.7 Å². The summed E-state index contributed by atoms with van der Waals surface area (Å²) < 4.78 is 46.5. The van der Waals surface area contributed by atoms with Crippen molar-refractivity contribution in [1.82, 2.24) is 20.3 Å². The number of aromatic nitrogens is 3. The van der Waals surface area contributed by atoms with Crippen LogP contribution in [0.15, 0.2) is 29.0 Å². The van der Waals surface area contributed by atoms with E-state index in [0.717, 1.165) is 25.6 Å². The number of halogens is 4. The lowest BCUT2D eigenvalue weighted by Gasteiger charge is -2.24. The molecule has 0 spiro atoms. The molecule has 1 aliphatic heterocycles. The number of hydrogen-bond acceptors (Lipinski definition) is 6. The summed E-state index contributed by atoms with van der Waals surface area (Å²) in [4.78, 5) is 22.8. The third-order valence-electron chi connectivity index (χ3n) is 6.03. The maximum atomic E-state index is 13.8. The first-order valence-corrected chi connectivity index (χ1v) is 11.1. The fourth-order valence-electron chi connectivity index (χ4n) is 4.27. The number of aromatic amines is 1. The molecular weight excluding hydrogens is 505 g/mol. The van der Waals surface area contributed by atoms with E-state index in [1.165, 1.54) is 13.3 Å². The lowest BCUT2D eigenvalue weighted by Crippen LogP contribution is -2.39. The number of piperidine rings is 1. The summed E-state index contributed by atoms with van der Waals surface area (Å²) in [6, 6.07) is 3.82. The number of fused-ring (bicyclic) bond motifs is 2. The zero-order chi connectivity index (χ0) is 23.3. The summed E-state index contributed by atoms with van der Waals surface area (Å²) in [6.45, 7) is 0.719. The van der Waals surface area contributed by atoms with Crippen molar-refractivity contribution in [3.63, 3.8) is 0 Å². The van der Waals surface area contributed by atoms with Crippen LogP contribution >= 0.6 is 15.9 Å². The summed E-state index contributed by atoms with van der Waals surface area (Å²) in [6.07, 6.45) is -0.934. The Morgan fingerprint density at radius 2 is 2.12 bits per heavy atom. The van der Waals surface area contributed by atoms with E-state index in [4.69, 9.17) is 0 Å². The Labute approximate surface area is 194 Å². The van der Waals surface area contributed by atoms with Gasteiger partial charge in [0, 0.05) is 42.0 Å². The van der Waals surface area contributed by atoms with Crippen LogP contribution in [0.1, 0.15) is 18.4 Å². The zero-order valence-electron chi connectivity index (χ0n) is 17.4. The molecule has 0 radical (unpaired) electrons. The van der Waals surface area contributed by atoms with Gasteiger partial charge < -0.3 is 20.4 Å². The van der Waals surface area contributed by atoms with Crippen LogP contribution in [0.25, 0.3) is 22.2 Å². The first-order valence-electron chi connectivity index (χ1n) is 10.3. The van der Waals surface area contributed by atoms with Crippen LogP contribution in [-0.2, 0) is 10.9 Å². The van der Waals surface area contributed by atoms with Gasteiger partial charge in [-0.2, -0.15) is 13.2 Å². The van der Waals surface area contributed by atoms with E-state index in [0.29, 0.717) is 33.0 Å². The Bertz CT molecular complexity index is 1230. The van der Waals surface area contributed by atoms with Gasteiger partial charge in [0.1, 0.15) is 5.56 Å². The van der Waals surface area contributed by atoms with Crippen LogP contribution in [0.5, 0.6) is 0 Å². The number of carbonyl (C=O) groups is 1. The van der Waals surface area contributed by atoms with Crippen molar-refractivity contribution in [2.45, 2.75) is 31.1 Å². The highest BCUT2D eigenvalue weighted by Gasteiger charge is 2.42. The molecule has 0 bridgehead atoms. The van der Waals surface area contributed by atoms with Crippen molar-refractivity contribution >= 4 is 44.6 Å². The van der Waals surface area contributed by atoms with Gasteiger partial charge in [0.05, 0.1) is 28.5 Å². The van der Waals surface area contributed by atoms with Gasteiger partial charge in [0.25, 0.3) is 0 Å². The SMILES string of the molecule is COC(=O)Nc1ccc2c(-c3nc(NC4CN[C@@H]5C[C@@H]5C4)ncc3C(F)(F)F)c[nH]c2c1Br. The number of carbonyl (C=O) groups excluding carboxylic acids is 1. The maximum absolute atomic E-state index is 13.8. The molecule has 1 aliphatic carbocycles. The van der Waals surface area contributed by atoms with Gasteiger partial charge in [-0.15, -0.1) is 0 Å². The molecule has 8 nitrogen and oxygen atoms in total. The second-order valence-corrected chi connectivity index (χ2v) is 9.00. The number of ether oxygens (including phenoxy) is 1. The normalized spacial score (nSPS) is 22.0. The fraction of sp³-hybridized carbons (Fsp3) is 0.381. The van der Waals surface area contributed by atoms with Crippen molar-refractivity contribution in [3.05, 3.63) is 34.6 Å². The zero-order valence-corrected chi connectivity index (χ0v) is 19.0. The van der Waals surface area contributed by atoms with E-state index in [1.807, 2.05) is 0 Å². The predicted octanol–water partition coefficient (Wildman–Crippen LogP) is 4.75. The number of nitrogens with one attached hydrogen (secondary N) is 4. The van der Waals surface area contributed by atoms with Gasteiger partial charge >= 0.3 is 12.3 Å². The largest absolute Gasteiger partial charge is 0.453 e. The molecule has 1 unspecified atom stereocenters. The molecule has 1 saturated heterocycles. The lowest BCUT2D eigenvalue weighted by molar-refractivity contribution is -0.137. The number of methoxy groups -OCH3 is 1. The molecular formula is C21H20BrF3N6O2. The van der Waals surface area contributed by atoms with Crippen molar-refractivity contribution in [1.29, 1.82) is 0 Å². The second-order valence-electron chi connectivity index (χ2n) is 8.21. The molecule has 1 amide bonds. The number of anilines is 2. The van der Waals surface area contributed by atoms with E-state index in [9.17, 15) is 18.0 Å². The summed E-state index contributed by atoms with van der Waals surface area (Å²) >= 11 is 3.40. The van der Waals surface area contributed by atoms with Crippen LogP contribution in [-0.4, -0.2) is 46.8 Å². The Morgan fingerprint density at radius 1 is 1.30 bits per heavy atom. The van der Waals surface area contributed by atoms with E-state index >= 15 is 0 Å². The second kappa shape index (κ2) is 8.17. The number of H-pyrrole nitrogens is 1. The number of hydrogen-bond donors (Lipinski definition) is 4. The predicted molar refractivity (Wildman–Crippen MR) is 120 cm³/mol. The number of nitrogens with zero attached hydrogens (tertiary/aromatic N) is 2. The molecule has 3 aromatic rings. The molecule has 174 valence electrons. The number of benzene rings is 1. The fourth-order valence-corrected chi connectivity index (χ4v) is 4.83. The molecule has 12 heteroatoms. The van der Waals surface area contributed by atoms with Crippen LogP contribution in [0.2, 0.25) is 0 Å². The summed E-state index contributed by atoms with van der Waals surface area (Å²) in [5.74, 6) is 0.755.